The molecular formula is C5H11NNaO6. The second kappa shape index (κ2) is 30.3. The maximum Gasteiger partial charge on any atom is 0.404 e. The van der Waals surface area contributed by atoms with Crippen molar-refractivity contribution in [3.63, 3.8) is 0 Å². The predicted molar refractivity (Wildman–Crippen MR) is 44.3 cm³/mol. The minimum Gasteiger partial charge on any atom is -0.483 e. The molecule has 0 saturated carbocycles. The van der Waals surface area contributed by atoms with Gasteiger partial charge in [-0.3, -0.25) is 9.59 Å². The van der Waals surface area contributed by atoms with E-state index in [-0.39, 0.29) is 42.5 Å². The van der Waals surface area contributed by atoms with Crippen molar-refractivity contribution in [2.45, 2.75) is 6.92 Å². The van der Waals surface area contributed by atoms with Gasteiger partial charge < -0.3 is 20.7 Å². The Morgan fingerprint density at radius 3 is 1.62 bits per heavy atom. The predicted octanol–water partition coefficient (Wildman–Crippen LogP) is -0.878. The largest absolute Gasteiger partial charge is 0.483 e. The smallest absolute Gasteiger partial charge is 0.404 e. The average Bonchev–Trinajstić information content (AvgIpc) is 1.89. The fourth-order valence-corrected chi connectivity index (χ4v) is 0.142. The molecule has 0 bridgehead atoms. The number of carbonyl (C=O) groups excluding carboxylic acids is 1. The normalized spacial score (nSPS) is 5.31. The molecule has 0 rings (SSSR count). The van der Waals surface area contributed by atoms with Crippen LogP contribution in [0.3, 0.4) is 0 Å². The van der Waals surface area contributed by atoms with E-state index >= 15 is 0 Å². The maximum atomic E-state index is 9.60. The van der Waals surface area contributed by atoms with Gasteiger partial charge in [0.25, 0.3) is 12.9 Å². The summed E-state index contributed by atoms with van der Waals surface area (Å²) in [5, 5.41) is 13.8. The number of primary amides is 1. The molecule has 0 aliphatic heterocycles. The number of hydrogen-bond donors (Lipinski definition) is 3. The van der Waals surface area contributed by atoms with Crippen molar-refractivity contribution in [2.75, 3.05) is 6.61 Å². The molecule has 73 valence electrons. The van der Waals surface area contributed by atoms with Gasteiger partial charge in [-0.25, -0.2) is 4.79 Å². The second-order valence-electron chi connectivity index (χ2n) is 0.963. The van der Waals surface area contributed by atoms with Crippen LogP contribution in [0.4, 0.5) is 4.79 Å². The van der Waals surface area contributed by atoms with E-state index in [4.69, 9.17) is 19.8 Å². The summed E-state index contributed by atoms with van der Waals surface area (Å²) >= 11 is 0. The Morgan fingerprint density at radius 1 is 1.38 bits per heavy atom. The van der Waals surface area contributed by atoms with Crippen LogP contribution in [-0.2, 0) is 14.3 Å². The van der Waals surface area contributed by atoms with Crippen LogP contribution in [0.2, 0.25) is 0 Å². The van der Waals surface area contributed by atoms with Gasteiger partial charge in [0.15, 0.2) is 0 Å². The first-order valence-electron chi connectivity index (χ1n) is 2.68. The van der Waals surface area contributed by atoms with Crippen molar-refractivity contribution in [2.24, 2.45) is 5.73 Å². The summed E-state index contributed by atoms with van der Waals surface area (Å²) in [7, 11) is 0. The number of carboxylic acid groups (broad SMARTS) is 2. The van der Waals surface area contributed by atoms with E-state index in [9.17, 15) is 4.79 Å². The number of hydrogen-bond acceptors (Lipinski definition) is 4. The molecule has 1 amide bonds. The fourth-order valence-electron chi connectivity index (χ4n) is 0.142. The van der Waals surface area contributed by atoms with Gasteiger partial charge in [-0.2, -0.15) is 0 Å². The molecule has 0 heterocycles. The van der Waals surface area contributed by atoms with Crippen molar-refractivity contribution < 1.29 is 29.3 Å². The molecule has 0 atom stereocenters. The molecule has 0 aromatic carbocycles. The molecular weight excluding hydrogens is 193 g/mol. The Bertz CT molecular complexity index is 114. The zero-order chi connectivity index (χ0) is 10.4. The van der Waals surface area contributed by atoms with Crippen molar-refractivity contribution in [3.05, 3.63) is 0 Å². The van der Waals surface area contributed by atoms with E-state index in [1.165, 1.54) is 0 Å². The number of amides is 1. The molecule has 0 saturated heterocycles. The van der Waals surface area contributed by atoms with Gasteiger partial charge in [-0.15, -0.1) is 0 Å². The minimum absolute atomic E-state index is 0. The Kier molecular flexibility index (Phi) is 53.1. The van der Waals surface area contributed by atoms with E-state index in [0.29, 0.717) is 6.61 Å². The quantitative estimate of drug-likeness (QED) is 0.376. The van der Waals surface area contributed by atoms with Gasteiger partial charge in [-0.05, 0) is 6.92 Å². The van der Waals surface area contributed by atoms with E-state index in [1.807, 2.05) is 0 Å². The van der Waals surface area contributed by atoms with Crippen molar-refractivity contribution >= 4 is 48.6 Å². The first-order chi connectivity index (χ1) is 5.60. The van der Waals surface area contributed by atoms with E-state index in [2.05, 4.69) is 10.5 Å². The Morgan fingerprint density at radius 2 is 1.62 bits per heavy atom. The van der Waals surface area contributed by atoms with Crippen molar-refractivity contribution in [1.82, 2.24) is 0 Å². The van der Waals surface area contributed by atoms with Crippen molar-refractivity contribution in [3.8, 4) is 0 Å². The first kappa shape index (κ1) is 22.8. The van der Waals surface area contributed by atoms with Gasteiger partial charge in [0.05, 0.1) is 6.61 Å². The van der Waals surface area contributed by atoms with E-state index in [1.54, 1.807) is 6.92 Å². The molecule has 0 aliphatic rings. The minimum atomic E-state index is -0.711. The molecule has 1 radical (unpaired) electrons. The molecule has 0 aromatic heterocycles. The van der Waals surface area contributed by atoms with Gasteiger partial charge in [0.1, 0.15) is 0 Å². The molecule has 8 heteroatoms. The molecule has 0 unspecified atom stereocenters. The third kappa shape index (κ3) is 195. The third-order valence-corrected chi connectivity index (χ3v) is 0.287. The average molecular weight is 204 g/mol. The number of rotatable bonds is 1. The summed E-state index contributed by atoms with van der Waals surface area (Å²) in [5.41, 5.74) is 4.54. The standard InChI is InChI=1S/C3H7NO2.2CH2O2.Na/c1-2-6-3(4)5;2*2-1-3;/h2H2,1H3,(H2,4,5);2*1H,(H,2,3);. The zero-order valence-electron chi connectivity index (χ0n) is 7.47. The second-order valence-corrected chi connectivity index (χ2v) is 0.963. The Labute approximate surface area is 97.2 Å². The van der Waals surface area contributed by atoms with Gasteiger partial charge in [0, 0.05) is 29.6 Å². The van der Waals surface area contributed by atoms with Gasteiger partial charge >= 0.3 is 6.09 Å². The summed E-state index contributed by atoms with van der Waals surface area (Å²) in [4.78, 5) is 26.3. The summed E-state index contributed by atoms with van der Waals surface area (Å²) in [6.45, 7) is 1.56. The van der Waals surface area contributed by atoms with Crippen LogP contribution in [0.5, 0.6) is 0 Å². The Balaban J connectivity index is -0.0000000501. The number of ether oxygens (including phenoxy) is 1. The molecule has 0 aromatic rings. The molecule has 0 spiro atoms. The molecule has 0 fully saturated rings. The van der Waals surface area contributed by atoms with Crippen LogP contribution in [-0.4, -0.2) is 65.4 Å². The first-order valence-corrected chi connectivity index (χ1v) is 2.68. The summed E-state index contributed by atoms with van der Waals surface area (Å²) in [6, 6.07) is 0. The topological polar surface area (TPSA) is 127 Å². The number of nitrogens with two attached hydrogens (primary N) is 1. The van der Waals surface area contributed by atoms with Crippen LogP contribution < -0.4 is 5.73 Å². The van der Waals surface area contributed by atoms with E-state index in [0.717, 1.165) is 0 Å². The monoisotopic (exact) mass is 204 g/mol. The maximum absolute atomic E-state index is 9.60. The SMILES string of the molecule is CCOC(N)=O.O=CO.O=CO.[Na]. The van der Waals surface area contributed by atoms with Crippen LogP contribution in [0.15, 0.2) is 0 Å². The third-order valence-electron chi connectivity index (χ3n) is 0.287. The fraction of sp³-hybridized carbons (Fsp3) is 0.400. The van der Waals surface area contributed by atoms with E-state index < -0.39 is 6.09 Å². The summed E-state index contributed by atoms with van der Waals surface area (Å²) in [6.07, 6.45) is -0.711. The van der Waals surface area contributed by atoms with Gasteiger partial charge in [-0.1, -0.05) is 0 Å². The molecule has 0 aliphatic carbocycles. The van der Waals surface area contributed by atoms with Crippen LogP contribution in [0, 0.1) is 0 Å². The van der Waals surface area contributed by atoms with Crippen LogP contribution in [0.25, 0.3) is 0 Å². The summed E-state index contributed by atoms with van der Waals surface area (Å²) < 4.78 is 4.18. The van der Waals surface area contributed by atoms with Gasteiger partial charge in [0.2, 0.25) is 0 Å². The number of carbonyl (C=O) groups is 3. The molecule has 4 N–H and O–H groups in total. The summed E-state index contributed by atoms with van der Waals surface area (Å²) in [5.74, 6) is 0. The molecule has 7 nitrogen and oxygen atoms in total. The molecule has 13 heavy (non-hydrogen) atoms. The van der Waals surface area contributed by atoms with Crippen LogP contribution in [0.1, 0.15) is 6.92 Å². The zero-order valence-corrected chi connectivity index (χ0v) is 9.47. The Hall–Kier alpha value is -0.790. The van der Waals surface area contributed by atoms with Crippen LogP contribution >= 0.6 is 0 Å². The van der Waals surface area contributed by atoms with Crippen molar-refractivity contribution in [1.29, 1.82) is 0 Å².